The van der Waals surface area contributed by atoms with Crippen LogP contribution in [0, 0.1) is 5.41 Å². The second-order valence-electron chi connectivity index (χ2n) is 12.9. The highest BCUT2D eigenvalue weighted by Crippen LogP contribution is 2.43. The number of nitrogens with zero attached hydrogens (tertiary/aromatic N) is 3. The van der Waals surface area contributed by atoms with Gasteiger partial charge >= 0.3 is 0 Å². The van der Waals surface area contributed by atoms with Crippen molar-refractivity contribution < 1.29 is 13.6 Å². The van der Waals surface area contributed by atoms with E-state index in [4.69, 9.17) is 0 Å². The van der Waals surface area contributed by atoms with Crippen molar-refractivity contribution in [3.63, 3.8) is 0 Å². The van der Waals surface area contributed by atoms with Gasteiger partial charge in [0.2, 0.25) is 6.41 Å². The van der Waals surface area contributed by atoms with Crippen LogP contribution in [0.2, 0.25) is 0 Å². The van der Waals surface area contributed by atoms with Gasteiger partial charge in [0.25, 0.3) is 6.43 Å². The molecule has 4 heterocycles. The number of anilines is 1. The lowest BCUT2D eigenvalue weighted by Crippen LogP contribution is -2.39. The number of amidine groups is 1. The molecule has 46 heavy (non-hydrogen) atoms. The summed E-state index contributed by atoms with van der Waals surface area (Å²) in [7, 11) is 0. The molecule has 0 spiro atoms. The third-order valence-electron chi connectivity index (χ3n) is 10.1. The number of hydrogen-bond acceptors (Lipinski definition) is 5. The second kappa shape index (κ2) is 14.8. The van der Waals surface area contributed by atoms with Crippen LogP contribution in [0.3, 0.4) is 0 Å². The molecule has 1 amide bonds. The number of nitrogens with one attached hydrogen (secondary N) is 4. The van der Waals surface area contributed by atoms with Gasteiger partial charge in [-0.05, 0) is 87.4 Å². The number of amides is 1. The quantitative estimate of drug-likeness (QED) is 0.0790. The van der Waals surface area contributed by atoms with E-state index < -0.39 is 6.43 Å². The van der Waals surface area contributed by atoms with Gasteiger partial charge in [-0.25, -0.2) is 8.78 Å². The van der Waals surface area contributed by atoms with Crippen molar-refractivity contribution in [3.8, 4) is 11.1 Å². The SMILES string of the molecule is CC/C(C(=N)N1CCCc2cc(-c3cn(C4CCNCC4)c4ccncc34)c(C(F)F)cc21)=C(\CCNC=O)NC1CCCCC1. The number of alkyl halides is 2. The number of hydrogen-bond donors (Lipinski definition) is 4. The molecule has 2 aromatic heterocycles. The van der Waals surface area contributed by atoms with Gasteiger partial charge in [-0.3, -0.25) is 15.2 Å². The summed E-state index contributed by atoms with van der Waals surface area (Å²) in [6, 6.07) is 6.24. The first-order chi connectivity index (χ1) is 22.5. The number of pyridine rings is 1. The summed E-state index contributed by atoms with van der Waals surface area (Å²) >= 11 is 0. The fraction of sp³-hybridized carbons (Fsp3) is 0.528. The van der Waals surface area contributed by atoms with Crippen LogP contribution in [-0.4, -0.2) is 54.0 Å². The van der Waals surface area contributed by atoms with E-state index in [2.05, 4.69) is 31.7 Å². The van der Waals surface area contributed by atoms with Crippen LogP contribution < -0.4 is 20.9 Å². The second-order valence-corrected chi connectivity index (χ2v) is 12.9. The summed E-state index contributed by atoms with van der Waals surface area (Å²) in [5, 5.41) is 20.3. The van der Waals surface area contributed by atoms with Crippen LogP contribution in [0.5, 0.6) is 0 Å². The van der Waals surface area contributed by atoms with Gasteiger partial charge in [0.1, 0.15) is 5.84 Å². The monoisotopic (exact) mass is 631 g/mol. The van der Waals surface area contributed by atoms with Crippen molar-refractivity contribution in [2.75, 3.05) is 31.1 Å². The maximum Gasteiger partial charge on any atom is 0.264 e. The fourth-order valence-corrected chi connectivity index (χ4v) is 7.74. The zero-order valence-corrected chi connectivity index (χ0v) is 26.9. The molecule has 10 heteroatoms. The summed E-state index contributed by atoms with van der Waals surface area (Å²) in [5.41, 5.74) is 5.91. The van der Waals surface area contributed by atoms with Crippen molar-refractivity contribution in [3.05, 3.63) is 59.2 Å². The van der Waals surface area contributed by atoms with E-state index in [9.17, 15) is 10.2 Å². The highest BCUT2D eigenvalue weighted by atomic mass is 19.3. The van der Waals surface area contributed by atoms with Gasteiger partial charge in [-0.2, -0.15) is 0 Å². The molecule has 1 saturated heterocycles. The molecule has 1 aromatic carbocycles. The summed E-state index contributed by atoms with van der Waals surface area (Å²) in [6.45, 7) is 5.00. The number of carbonyl (C=O) groups is 1. The minimum Gasteiger partial charge on any atom is -0.385 e. The summed E-state index contributed by atoms with van der Waals surface area (Å²) < 4.78 is 32.3. The standard InChI is InChI=1S/C36H47F2N7O/c1-2-27(32(12-16-42-23-46)43-25-8-4-3-5-9-25)36(39)44-18-6-7-24-19-28(29(35(37)38)20-34(24)44)31-22-45(26-10-14-40-15-11-26)33-13-17-41-21-30(31)33/h13,17,19-23,25-26,35,39-40,43H,2-12,14-16,18H2,1H3,(H,42,46)/b32-27-,39-36?. The first kappa shape index (κ1) is 32.2. The molecule has 8 nitrogen and oxygen atoms in total. The number of piperidine rings is 1. The Morgan fingerprint density at radius 2 is 1.93 bits per heavy atom. The first-order valence-electron chi connectivity index (χ1n) is 17.1. The lowest BCUT2D eigenvalue weighted by Gasteiger charge is -2.35. The van der Waals surface area contributed by atoms with Crippen LogP contribution in [0.15, 0.2) is 48.1 Å². The Morgan fingerprint density at radius 1 is 1.13 bits per heavy atom. The maximum atomic E-state index is 15.0. The van der Waals surface area contributed by atoms with Gasteiger partial charge in [0.05, 0.1) is 5.52 Å². The zero-order chi connectivity index (χ0) is 32.0. The van der Waals surface area contributed by atoms with E-state index in [-0.39, 0.29) is 5.56 Å². The van der Waals surface area contributed by atoms with Crippen molar-refractivity contribution in [1.29, 1.82) is 5.41 Å². The van der Waals surface area contributed by atoms with Gasteiger partial charge < -0.3 is 25.4 Å². The van der Waals surface area contributed by atoms with Crippen LogP contribution in [0.4, 0.5) is 14.5 Å². The number of benzene rings is 1. The lowest BCUT2D eigenvalue weighted by atomic mass is 9.91. The van der Waals surface area contributed by atoms with E-state index in [0.29, 0.717) is 61.5 Å². The van der Waals surface area contributed by atoms with E-state index in [1.54, 1.807) is 18.5 Å². The number of aryl methyl sites for hydroxylation is 1. The molecule has 0 unspecified atom stereocenters. The Balaban J connectivity index is 1.39. The van der Waals surface area contributed by atoms with Crippen LogP contribution in [0.25, 0.3) is 22.0 Å². The normalized spacial score (nSPS) is 18.4. The average Bonchev–Trinajstić information content (AvgIpc) is 3.48. The molecule has 6 rings (SSSR count). The van der Waals surface area contributed by atoms with E-state index in [1.807, 2.05) is 24.0 Å². The smallest absolute Gasteiger partial charge is 0.264 e. The van der Waals surface area contributed by atoms with Gasteiger partial charge in [-0.15, -0.1) is 0 Å². The van der Waals surface area contributed by atoms with E-state index in [0.717, 1.165) is 84.9 Å². The average molecular weight is 632 g/mol. The number of aromatic nitrogens is 2. The summed E-state index contributed by atoms with van der Waals surface area (Å²) in [5.74, 6) is 0.354. The van der Waals surface area contributed by atoms with Crippen molar-refractivity contribution in [1.82, 2.24) is 25.5 Å². The number of carbonyl (C=O) groups excluding carboxylic acids is 1. The summed E-state index contributed by atoms with van der Waals surface area (Å²) in [6.07, 6.45) is 14.3. The molecular formula is C36H47F2N7O. The molecule has 246 valence electrons. The lowest BCUT2D eigenvalue weighted by molar-refractivity contribution is -0.109. The highest BCUT2D eigenvalue weighted by molar-refractivity contribution is 6.09. The summed E-state index contributed by atoms with van der Waals surface area (Å²) in [4.78, 5) is 17.4. The predicted molar refractivity (Wildman–Crippen MR) is 181 cm³/mol. The van der Waals surface area contributed by atoms with Gasteiger partial charge in [0, 0.05) is 83.7 Å². The molecule has 0 radical (unpaired) electrons. The molecule has 3 aromatic rings. The minimum atomic E-state index is -2.67. The molecule has 1 aliphatic carbocycles. The Labute approximate surface area is 270 Å². The third kappa shape index (κ3) is 6.68. The molecule has 2 aliphatic heterocycles. The Morgan fingerprint density at radius 3 is 2.67 bits per heavy atom. The first-order valence-corrected chi connectivity index (χ1v) is 17.1. The number of rotatable bonds is 11. The Bertz CT molecular complexity index is 1570. The van der Waals surface area contributed by atoms with Crippen molar-refractivity contribution in [2.45, 2.75) is 96.1 Å². The zero-order valence-electron chi connectivity index (χ0n) is 26.9. The van der Waals surface area contributed by atoms with Crippen molar-refractivity contribution in [2.24, 2.45) is 0 Å². The molecule has 0 bridgehead atoms. The number of halogens is 2. The topological polar surface area (TPSA) is 98.1 Å². The molecule has 1 saturated carbocycles. The largest absolute Gasteiger partial charge is 0.385 e. The third-order valence-corrected chi connectivity index (χ3v) is 10.1. The van der Waals surface area contributed by atoms with Crippen LogP contribution in [-0.2, 0) is 11.2 Å². The molecule has 3 aliphatic rings. The van der Waals surface area contributed by atoms with Crippen LogP contribution in [0.1, 0.15) is 94.7 Å². The molecule has 2 fully saturated rings. The number of fused-ring (bicyclic) bond motifs is 2. The van der Waals surface area contributed by atoms with Crippen molar-refractivity contribution >= 4 is 28.8 Å². The Kier molecular flexibility index (Phi) is 10.3. The fourth-order valence-electron chi connectivity index (χ4n) is 7.74. The predicted octanol–water partition coefficient (Wildman–Crippen LogP) is 7.02. The molecule has 0 atom stereocenters. The maximum absolute atomic E-state index is 15.0. The van der Waals surface area contributed by atoms with E-state index >= 15 is 8.78 Å². The van der Waals surface area contributed by atoms with Gasteiger partial charge in [0.15, 0.2) is 0 Å². The van der Waals surface area contributed by atoms with Gasteiger partial charge in [-0.1, -0.05) is 26.2 Å². The molecular weight excluding hydrogens is 584 g/mol. The van der Waals surface area contributed by atoms with Crippen LogP contribution >= 0.6 is 0 Å². The van der Waals surface area contributed by atoms with E-state index in [1.165, 1.54) is 19.3 Å². The molecule has 4 N–H and O–H groups in total. The minimum absolute atomic E-state index is 0.00979. The highest BCUT2D eigenvalue weighted by Gasteiger charge is 2.29. The Hall–Kier alpha value is -3.79.